The molecule has 0 spiro atoms. The van der Waals surface area contributed by atoms with Gasteiger partial charge in [-0.3, -0.25) is 28.0 Å². The van der Waals surface area contributed by atoms with Crippen LogP contribution in [0, 0.1) is 0 Å². The van der Waals surface area contributed by atoms with E-state index < -0.39 is 75.7 Å². The van der Waals surface area contributed by atoms with Crippen LogP contribution in [0.5, 0.6) is 0 Å². The number of aliphatic hydroxyl groups is 4. The number of nitrogens with zero attached hydrogens (tertiary/aromatic N) is 7. The van der Waals surface area contributed by atoms with Crippen molar-refractivity contribution in [1.29, 1.82) is 0 Å². The van der Waals surface area contributed by atoms with Gasteiger partial charge >= 0.3 is 7.82 Å². The number of phosphoric acid groups is 1. The molecule has 0 aromatic carbocycles. The lowest BCUT2D eigenvalue weighted by atomic mass is 10.1. The largest absolute Gasteiger partial charge is 0.472 e. The predicted molar refractivity (Wildman–Crippen MR) is 136 cm³/mol. The Morgan fingerprint density at radius 3 is 2.38 bits per heavy atom. The van der Waals surface area contributed by atoms with E-state index in [0.717, 1.165) is 10.9 Å². The molecule has 4 aromatic rings. The number of nitrogens with one attached hydrogen (secondary N) is 1. The van der Waals surface area contributed by atoms with E-state index in [2.05, 4.69) is 29.9 Å². The Kier molecular flexibility index (Phi) is 7.17. The molecule has 0 saturated carbocycles. The van der Waals surface area contributed by atoms with E-state index in [9.17, 15) is 34.7 Å². The number of aliphatic hydroxyl groups excluding tert-OH is 4. The Labute approximate surface area is 232 Å². The summed E-state index contributed by atoms with van der Waals surface area (Å²) >= 11 is 0. The van der Waals surface area contributed by atoms with Gasteiger partial charge in [-0.25, -0.2) is 24.5 Å². The fourth-order valence-electron chi connectivity index (χ4n) is 4.84. The lowest BCUT2D eigenvalue weighted by Gasteiger charge is -2.24. The van der Waals surface area contributed by atoms with Gasteiger partial charge in [0.15, 0.2) is 35.1 Å². The number of anilines is 2. The van der Waals surface area contributed by atoms with Crippen LogP contribution in [0.4, 0.5) is 11.8 Å². The normalized spacial score (nSPS) is 31.3. The lowest BCUT2D eigenvalue weighted by molar-refractivity contribution is -0.0615. The van der Waals surface area contributed by atoms with Crippen LogP contribution in [0.15, 0.2) is 23.8 Å². The number of H-pyrrole nitrogens is 1. The lowest BCUT2D eigenvalue weighted by Crippen LogP contribution is -2.36. The summed E-state index contributed by atoms with van der Waals surface area (Å²) in [5.41, 5.74) is 11.0. The van der Waals surface area contributed by atoms with Crippen LogP contribution in [-0.2, 0) is 23.1 Å². The quantitative estimate of drug-likeness (QED) is 0.0894. The minimum absolute atomic E-state index is 0.0830. The van der Waals surface area contributed by atoms with Crippen molar-refractivity contribution >= 4 is 41.9 Å². The minimum atomic E-state index is -5.06. The molecule has 2 saturated heterocycles. The van der Waals surface area contributed by atoms with Crippen LogP contribution >= 0.6 is 7.82 Å². The number of imidazole rings is 2. The predicted octanol–water partition coefficient (Wildman–Crippen LogP) is -3.50. The van der Waals surface area contributed by atoms with Gasteiger partial charge in [-0.2, -0.15) is 4.98 Å². The second kappa shape index (κ2) is 10.6. The molecular formula is C20H25N10O11P. The Hall–Kier alpha value is -3.63. The molecule has 0 aliphatic carbocycles. The van der Waals surface area contributed by atoms with Crippen molar-refractivity contribution in [3.05, 3.63) is 29.3 Å². The van der Waals surface area contributed by atoms with Crippen molar-refractivity contribution in [3.8, 4) is 0 Å². The zero-order valence-corrected chi connectivity index (χ0v) is 22.1. The molecule has 0 amide bonds. The first-order chi connectivity index (χ1) is 20.0. The molecule has 10 N–H and O–H groups in total. The van der Waals surface area contributed by atoms with Crippen molar-refractivity contribution in [1.82, 2.24) is 39.0 Å². The topological polar surface area (TPSA) is 314 Å². The van der Waals surface area contributed by atoms with Crippen molar-refractivity contribution in [3.63, 3.8) is 0 Å². The number of aromatic amines is 1. The van der Waals surface area contributed by atoms with E-state index in [0.29, 0.717) is 0 Å². The fraction of sp³-hybridized carbons (Fsp3) is 0.500. The van der Waals surface area contributed by atoms with E-state index in [-0.39, 0.29) is 34.1 Å². The molecule has 42 heavy (non-hydrogen) atoms. The van der Waals surface area contributed by atoms with Gasteiger partial charge in [-0.15, -0.1) is 0 Å². The number of rotatable bonds is 8. The van der Waals surface area contributed by atoms with Crippen LogP contribution in [-0.4, -0.2) is 114 Å². The summed E-state index contributed by atoms with van der Waals surface area (Å²) in [5, 5.41) is 41.5. The third kappa shape index (κ3) is 4.80. The highest BCUT2D eigenvalue weighted by Crippen LogP contribution is 2.50. The summed E-state index contributed by atoms with van der Waals surface area (Å²) in [7, 11) is -5.06. The zero-order valence-electron chi connectivity index (χ0n) is 21.2. The molecule has 9 atom stereocenters. The number of nitrogen functional groups attached to an aromatic ring is 2. The average Bonchev–Trinajstić information content (AvgIpc) is 3.69. The molecule has 2 aliphatic rings. The van der Waals surface area contributed by atoms with Crippen LogP contribution in [0.2, 0.25) is 0 Å². The first-order valence-corrected chi connectivity index (χ1v) is 13.8. The summed E-state index contributed by atoms with van der Waals surface area (Å²) in [6, 6.07) is 0. The molecule has 21 nitrogen and oxygen atoms in total. The van der Waals surface area contributed by atoms with Crippen molar-refractivity contribution in [2.24, 2.45) is 0 Å². The third-order valence-electron chi connectivity index (χ3n) is 6.87. The van der Waals surface area contributed by atoms with Crippen molar-refractivity contribution in [2.75, 3.05) is 24.7 Å². The molecule has 0 radical (unpaired) electrons. The number of aromatic nitrogens is 8. The van der Waals surface area contributed by atoms with Gasteiger partial charge < -0.3 is 46.3 Å². The van der Waals surface area contributed by atoms with Gasteiger partial charge in [0.2, 0.25) is 5.95 Å². The first kappa shape index (κ1) is 28.5. The van der Waals surface area contributed by atoms with Crippen LogP contribution in [0.3, 0.4) is 0 Å². The fourth-order valence-corrected chi connectivity index (χ4v) is 5.77. The molecule has 22 heteroatoms. The van der Waals surface area contributed by atoms with E-state index in [4.69, 9.17) is 30.0 Å². The van der Waals surface area contributed by atoms with Gasteiger partial charge in [-0.1, -0.05) is 0 Å². The number of hydrogen-bond donors (Lipinski definition) is 8. The maximum absolute atomic E-state index is 13.0. The van der Waals surface area contributed by atoms with E-state index >= 15 is 0 Å². The molecule has 6 rings (SSSR count). The Morgan fingerprint density at radius 2 is 1.64 bits per heavy atom. The second-order valence-corrected chi connectivity index (χ2v) is 10.9. The Bertz CT molecular complexity index is 1730. The highest BCUT2D eigenvalue weighted by molar-refractivity contribution is 7.47. The number of phosphoric ester groups is 1. The first-order valence-electron chi connectivity index (χ1n) is 12.3. The zero-order chi connectivity index (χ0) is 29.9. The molecule has 6 heterocycles. The van der Waals surface area contributed by atoms with E-state index in [1.165, 1.54) is 17.2 Å². The van der Waals surface area contributed by atoms with Crippen LogP contribution in [0.1, 0.15) is 12.5 Å². The summed E-state index contributed by atoms with van der Waals surface area (Å²) in [4.78, 5) is 44.9. The molecule has 226 valence electrons. The summed E-state index contributed by atoms with van der Waals surface area (Å²) in [6.45, 7) is -1.44. The molecule has 2 fully saturated rings. The monoisotopic (exact) mass is 612 g/mol. The molecular weight excluding hydrogens is 587 g/mol. The highest BCUT2D eigenvalue weighted by Gasteiger charge is 2.50. The molecule has 1 unspecified atom stereocenters. The standard InChI is InChI=1S/C20H25N10O11P/c21-14-8-15(24-3-23-14)29(4-25-8)18-12(34)10(32)7(40-18)2-38-42(36,37)41-13-11(33)6(1-31)39-19(13)30-5-26-9-16(30)27-20(22)28-17(9)35/h3-7,10-13,18-19,31-34H,1-2H2,(H,36,37)(H2,21,23,24)(H3,22,27,28,35)/t6-,7+,10-,11+,12+,13+,18+,19-/m1/s1. The maximum atomic E-state index is 13.0. The van der Waals surface area contributed by atoms with Crippen LogP contribution < -0.4 is 17.0 Å². The minimum Gasteiger partial charge on any atom is -0.394 e. The van der Waals surface area contributed by atoms with Gasteiger partial charge in [0.05, 0.1) is 25.9 Å². The summed E-state index contributed by atoms with van der Waals surface area (Å²) in [5.74, 6) is -0.171. The summed E-state index contributed by atoms with van der Waals surface area (Å²) < 4.78 is 37.0. The molecule has 2 aliphatic heterocycles. The number of fused-ring (bicyclic) bond motifs is 2. The Balaban J connectivity index is 1.19. The highest BCUT2D eigenvalue weighted by atomic mass is 31.2. The number of nitrogens with two attached hydrogens (primary N) is 2. The second-order valence-electron chi connectivity index (χ2n) is 9.48. The Morgan fingerprint density at radius 1 is 0.952 bits per heavy atom. The van der Waals surface area contributed by atoms with E-state index in [1.807, 2.05) is 0 Å². The SMILES string of the molecule is Nc1nc2c(ncn2[C@@H]2O[C@H](CO)[C@H](O)[C@@H]2OP(=O)(O)OC[C@@H]2O[C@H](n3cnc4c(N)ncnc43)[C@@H](O)[C@@H]2O)c(=O)[nH]1. The van der Waals surface area contributed by atoms with Crippen molar-refractivity contribution in [2.45, 2.75) is 49.1 Å². The van der Waals surface area contributed by atoms with Gasteiger partial charge in [0.25, 0.3) is 5.56 Å². The molecule has 0 bridgehead atoms. The van der Waals surface area contributed by atoms with E-state index in [1.54, 1.807) is 0 Å². The van der Waals surface area contributed by atoms with Crippen molar-refractivity contribution < 1.29 is 48.4 Å². The smallest absolute Gasteiger partial charge is 0.394 e. The van der Waals surface area contributed by atoms with Gasteiger partial charge in [0.1, 0.15) is 48.5 Å². The van der Waals surface area contributed by atoms with Gasteiger partial charge in [0, 0.05) is 0 Å². The van der Waals surface area contributed by atoms with Gasteiger partial charge in [-0.05, 0) is 0 Å². The van der Waals surface area contributed by atoms with Crippen LogP contribution in [0.25, 0.3) is 22.3 Å². The summed E-state index contributed by atoms with van der Waals surface area (Å²) in [6.07, 6.45) is -8.05. The average molecular weight is 612 g/mol. The third-order valence-corrected chi connectivity index (χ3v) is 7.86. The molecule has 4 aromatic heterocycles. The number of ether oxygens (including phenoxy) is 2. The number of hydrogen-bond acceptors (Lipinski definition) is 17. The maximum Gasteiger partial charge on any atom is 0.472 e.